The summed E-state index contributed by atoms with van der Waals surface area (Å²) in [7, 11) is 2.14. The first-order valence-electron chi connectivity index (χ1n) is 8.82. The maximum absolute atomic E-state index is 6.09. The van der Waals surface area contributed by atoms with Gasteiger partial charge < -0.3 is 16.0 Å². The van der Waals surface area contributed by atoms with Crippen molar-refractivity contribution in [2.75, 3.05) is 24.2 Å². The number of aromatic nitrogens is 2. The summed E-state index contributed by atoms with van der Waals surface area (Å²) in [5.74, 6) is 1.74. The van der Waals surface area contributed by atoms with Gasteiger partial charge in [-0.2, -0.15) is 4.98 Å². The third-order valence-electron chi connectivity index (χ3n) is 5.54. The van der Waals surface area contributed by atoms with Crippen molar-refractivity contribution in [1.82, 2.24) is 15.3 Å². The Morgan fingerprint density at radius 1 is 1.21 bits per heavy atom. The van der Waals surface area contributed by atoms with Gasteiger partial charge in [-0.15, -0.1) is 0 Å². The van der Waals surface area contributed by atoms with Gasteiger partial charge in [-0.25, -0.2) is 4.98 Å². The molecule has 3 atom stereocenters. The van der Waals surface area contributed by atoms with Crippen LogP contribution in [0.25, 0.3) is 0 Å². The van der Waals surface area contributed by atoms with Crippen molar-refractivity contribution in [3.05, 3.63) is 47.2 Å². The molecule has 0 spiro atoms. The molecule has 1 aromatic carbocycles. The van der Waals surface area contributed by atoms with E-state index in [1.54, 1.807) is 0 Å². The minimum atomic E-state index is 0.323. The molecule has 0 saturated carbocycles. The summed E-state index contributed by atoms with van der Waals surface area (Å²) in [6.45, 7) is 3.22. The maximum Gasteiger partial charge on any atom is 0.222 e. The van der Waals surface area contributed by atoms with Gasteiger partial charge in [0.1, 0.15) is 5.82 Å². The van der Waals surface area contributed by atoms with E-state index < -0.39 is 0 Å². The standard InChI is InChI=1S/C19H25N5/c1-12-16(11-21-12)24(2)18-15-10-6-9-14(13-7-4-3-5-8-13)17(15)22-19(20)23-18/h3-5,7-8,12,14,16,21H,6,9-11H2,1-2H3,(H2,20,22,23). The number of fused-ring (bicyclic) bond motifs is 1. The lowest BCUT2D eigenvalue weighted by Crippen LogP contribution is -2.63. The molecule has 3 unspecified atom stereocenters. The van der Waals surface area contributed by atoms with Crippen LogP contribution in [-0.2, 0) is 6.42 Å². The van der Waals surface area contributed by atoms with Gasteiger partial charge >= 0.3 is 0 Å². The normalized spacial score (nSPS) is 25.7. The Kier molecular flexibility index (Phi) is 3.88. The van der Waals surface area contributed by atoms with E-state index in [9.17, 15) is 0 Å². The Labute approximate surface area is 143 Å². The second kappa shape index (κ2) is 6.06. The van der Waals surface area contributed by atoms with Gasteiger partial charge in [0.2, 0.25) is 5.95 Å². The van der Waals surface area contributed by atoms with Gasteiger partial charge in [0.15, 0.2) is 0 Å². The number of hydrogen-bond acceptors (Lipinski definition) is 5. The number of nitrogens with zero attached hydrogens (tertiary/aromatic N) is 3. The molecule has 0 bridgehead atoms. The zero-order valence-corrected chi connectivity index (χ0v) is 14.4. The zero-order chi connectivity index (χ0) is 16.7. The van der Waals surface area contributed by atoms with Crippen molar-refractivity contribution in [1.29, 1.82) is 0 Å². The second-order valence-electron chi connectivity index (χ2n) is 7.00. The van der Waals surface area contributed by atoms with Gasteiger partial charge in [0, 0.05) is 31.1 Å². The van der Waals surface area contributed by atoms with Gasteiger partial charge in [0.05, 0.1) is 11.7 Å². The van der Waals surface area contributed by atoms with Crippen molar-refractivity contribution in [2.45, 2.75) is 44.2 Å². The monoisotopic (exact) mass is 323 g/mol. The molecule has 3 N–H and O–H groups in total. The van der Waals surface area contributed by atoms with Crippen molar-refractivity contribution in [3.63, 3.8) is 0 Å². The predicted octanol–water partition coefficient (Wildman–Crippen LogP) is 2.32. The minimum absolute atomic E-state index is 0.323. The summed E-state index contributed by atoms with van der Waals surface area (Å²) in [4.78, 5) is 11.6. The molecule has 0 amide bonds. The van der Waals surface area contributed by atoms with E-state index in [0.717, 1.165) is 30.9 Å². The van der Waals surface area contributed by atoms with Crippen LogP contribution in [0.15, 0.2) is 30.3 Å². The first-order valence-corrected chi connectivity index (χ1v) is 8.82. The molecule has 2 aliphatic rings. The van der Waals surface area contributed by atoms with Gasteiger partial charge in [-0.05, 0) is 31.7 Å². The summed E-state index contributed by atoms with van der Waals surface area (Å²) >= 11 is 0. The molecular formula is C19H25N5. The van der Waals surface area contributed by atoms with Gasteiger partial charge in [0.25, 0.3) is 0 Å². The van der Waals surface area contributed by atoms with E-state index in [4.69, 9.17) is 5.73 Å². The summed E-state index contributed by atoms with van der Waals surface area (Å²) in [6.07, 6.45) is 3.32. The number of hydrogen-bond donors (Lipinski definition) is 2. The summed E-state index contributed by atoms with van der Waals surface area (Å²) in [5.41, 5.74) is 9.82. The maximum atomic E-state index is 6.09. The lowest BCUT2D eigenvalue weighted by Gasteiger charge is -2.43. The van der Waals surface area contributed by atoms with Crippen LogP contribution in [0.4, 0.5) is 11.8 Å². The quantitative estimate of drug-likeness (QED) is 0.907. The molecule has 4 rings (SSSR count). The Hall–Kier alpha value is -2.14. The second-order valence-corrected chi connectivity index (χ2v) is 7.00. The Morgan fingerprint density at radius 3 is 2.67 bits per heavy atom. The lowest BCUT2D eigenvalue weighted by molar-refractivity contribution is 0.322. The number of likely N-dealkylation sites (N-methyl/N-ethyl adjacent to an activating group) is 1. The van der Waals surface area contributed by atoms with Crippen molar-refractivity contribution >= 4 is 11.8 Å². The summed E-state index contributed by atoms with van der Waals surface area (Å²) < 4.78 is 0. The molecule has 0 radical (unpaired) electrons. The number of rotatable bonds is 3. The zero-order valence-electron chi connectivity index (χ0n) is 14.4. The molecule has 1 fully saturated rings. The fraction of sp³-hybridized carbons (Fsp3) is 0.474. The Morgan fingerprint density at radius 2 is 2.00 bits per heavy atom. The molecule has 1 saturated heterocycles. The van der Waals surface area contributed by atoms with E-state index >= 15 is 0 Å². The summed E-state index contributed by atoms with van der Waals surface area (Å²) in [6, 6.07) is 11.6. The van der Waals surface area contributed by atoms with Crippen LogP contribution in [0.1, 0.15) is 42.5 Å². The van der Waals surface area contributed by atoms with Crippen LogP contribution in [0.2, 0.25) is 0 Å². The molecule has 2 aromatic rings. The van der Waals surface area contributed by atoms with Crippen molar-refractivity contribution in [2.24, 2.45) is 0 Å². The topological polar surface area (TPSA) is 67.1 Å². The number of nitrogen functional groups attached to an aromatic ring is 1. The molecule has 2 heterocycles. The summed E-state index contributed by atoms with van der Waals surface area (Å²) in [5, 5.41) is 3.42. The van der Waals surface area contributed by atoms with Crippen molar-refractivity contribution in [3.8, 4) is 0 Å². The van der Waals surface area contributed by atoms with Gasteiger partial charge in [-0.3, -0.25) is 0 Å². The lowest BCUT2D eigenvalue weighted by atomic mass is 9.82. The van der Waals surface area contributed by atoms with Crippen LogP contribution >= 0.6 is 0 Å². The average molecular weight is 323 g/mol. The van der Waals surface area contributed by atoms with E-state index in [1.807, 2.05) is 0 Å². The molecule has 1 aromatic heterocycles. The van der Waals surface area contributed by atoms with Gasteiger partial charge in [-0.1, -0.05) is 30.3 Å². The highest BCUT2D eigenvalue weighted by atomic mass is 15.3. The van der Waals surface area contributed by atoms with E-state index in [0.29, 0.717) is 23.9 Å². The molecule has 24 heavy (non-hydrogen) atoms. The number of nitrogens with one attached hydrogen (secondary N) is 1. The van der Waals surface area contributed by atoms with Crippen LogP contribution < -0.4 is 16.0 Å². The molecule has 1 aliphatic carbocycles. The van der Waals surface area contributed by atoms with Crippen LogP contribution in [0.3, 0.4) is 0 Å². The average Bonchev–Trinajstić information content (AvgIpc) is 2.60. The molecule has 5 nitrogen and oxygen atoms in total. The highest BCUT2D eigenvalue weighted by Gasteiger charge is 2.34. The minimum Gasteiger partial charge on any atom is -0.368 e. The fourth-order valence-electron chi connectivity index (χ4n) is 4.04. The highest BCUT2D eigenvalue weighted by Crippen LogP contribution is 2.39. The third-order valence-corrected chi connectivity index (χ3v) is 5.54. The first-order chi connectivity index (χ1) is 11.6. The number of nitrogens with two attached hydrogens (primary N) is 1. The smallest absolute Gasteiger partial charge is 0.222 e. The molecule has 126 valence electrons. The van der Waals surface area contributed by atoms with Crippen LogP contribution in [-0.4, -0.2) is 35.6 Å². The molecule has 5 heteroatoms. The van der Waals surface area contributed by atoms with E-state index in [1.165, 1.54) is 17.5 Å². The SMILES string of the molecule is CC1NCC1N(C)c1nc(N)nc2c1CCCC2c1ccccc1. The Balaban J connectivity index is 1.77. The number of benzene rings is 1. The van der Waals surface area contributed by atoms with Crippen LogP contribution in [0, 0.1) is 0 Å². The number of anilines is 2. The van der Waals surface area contributed by atoms with Crippen molar-refractivity contribution < 1.29 is 0 Å². The fourth-order valence-corrected chi connectivity index (χ4v) is 4.04. The largest absolute Gasteiger partial charge is 0.368 e. The first kappa shape index (κ1) is 15.4. The highest BCUT2D eigenvalue weighted by molar-refractivity contribution is 5.56. The van der Waals surface area contributed by atoms with Crippen LogP contribution in [0.5, 0.6) is 0 Å². The molecule has 1 aliphatic heterocycles. The van der Waals surface area contributed by atoms with E-state index in [-0.39, 0.29) is 0 Å². The Bertz CT molecular complexity index is 730. The van der Waals surface area contributed by atoms with E-state index in [2.05, 4.69) is 64.5 Å². The molecular weight excluding hydrogens is 298 g/mol. The third kappa shape index (κ3) is 2.53. The predicted molar refractivity (Wildman–Crippen MR) is 97.3 cm³/mol.